The highest BCUT2D eigenvalue weighted by atomic mass is 35.5. The summed E-state index contributed by atoms with van der Waals surface area (Å²) in [6.45, 7) is 8.10. The van der Waals surface area contributed by atoms with E-state index < -0.39 is 18.0 Å². The molecule has 2 aliphatic heterocycles. The summed E-state index contributed by atoms with van der Waals surface area (Å²) in [5.74, 6) is -2.04. The summed E-state index contributed by atoms with van der Waals surface area (Å²) in [6, 6.07) is 14.9. The van der Waals surface area contributed by atoms with Crippen LogP contribution in [-0.2, 0) is 24.3 Å². The molecule has 236 valence electrons. The smallest absolute Gasteiger partial charge is 0.475 e. The standard InChI is InChI=1S/C29H33ClFN5O.C2HF3O2/c1-19(2)32-28-29(34-26-18-35(13-12-25(26)33-28)17-20-6-4-3-5-7-20)36-14-10-21(11-15-36)27(37)23-16-22(30)8-9-24(23)31;3-2(4,5)1(6)7/h3-9,16,19,21H,10-15,17-18H2,1-2H3,(H,32,33);(H,6,7). The van der Waals surface area contributed by atoms with E-state index in [0.717, 1.165) is 49.1 Å². The molecule has 2 aliphatic rings. The average molecular weight is 636 g/mol. The van der Waals surface area contributed by atoms with Crippen LogP contribution in [0, 0.1) is 11.7 Å². The van der Waals surface area contributed by atoms with Crippen LogP contribution in [0.15, 0.2) is 48.5 Å². The van der Waals surface area contributed by atoms with Gasteiger partial charge in [0.2, 0.25) is 0 Å². The molecule has 0 atom stereocenters. The summed E-state index contributed by atoms with van der Waals surface area (Å²) in [5.41, 5.74) is 3.45. The van der Waals surface area contributed by atoms with Crippen LogP contribution in [0.25, 0.3) is 0 Å². The number of rotatable bonds is 7. The number of halogens is 5. The number of alkyl halides is 3. The molecule has 0 amide bonds. The summed E-state index contributed by atoms with van der Waals surface area (Å²) in [6.07, 6.45) is -2.96. The van der Waals surface area contributed by atoms with Crippen molar-refractivity contribution in [2.75, 3.05) is 29.9 Å². The summed E-state index contributed by atoms with van der Waals surface area (Å²) >= 11 is 6.02. The minimum atomic E-state index is -5.08. The molecule has 8 nitrogen and oxygen atoms in total. The molecule has 0 spiro atoms. The maximum atomic E-state index is 14.3. The van der Waals surface area contributed by atoms with Crippen molar-refractivity contribution in [1.29, 1.82) is 0 Å². The predicted octanol–water partition coefficient (Wildman–Crippen LogP) is 6.38. The van der Waals surface area contributed by atoms with Gasteiger partial charge >= 0.3 is 12.1 Å². The van der Waals surface area contributed by atoms with E-state index in [0.29, 0.717) is 31.0 Å². The molecule has 1 aromatic heterocycles. The summed E-state index contributed by atoms with van der Waals surface area (Å²) in [5, 5.41) is 11.0. The van der Waals surface area contributed by atoms with Crippen LogP contribution in [-0.4, -0.2) is 63.6 Å². The van der Waals surface area contributed by atoms with Crippen molar-refractivity contribution in [3.63, 3.8) is 0 Å². The summed E-state index contributed by atoms with van der Waals surface area (Å²) < 4.78 is 46.0. The van der Waals surface area contributed by atoms with E-state index in [4.69, 9.17) is 31.5 Å². The molecule has 1 saturated heterocycles. The van der Waals surface area contributed by atoms with Crippen LogP contribution >= 0.6 is 11.6 Å². The Morgan fingerprint density at radius 3 is 2.32 bits per heavy atom. The van der Waals surface area contributed by atoms with Gasteiger partial charge in [0.25, 0.3) is 0 Å². The number of hydrogen-bond donors (Lipinski definition) is 2. The second-order valence-corrected chi connectivity index (χ2v) is 11.5. The van der Waals surface area contributed by atoms with E-state index in [1.165, 1.54) is 23.8 Å². The fourth-order valence-corrected chi connectivity index (χ4v) is 5.38. The highest BCUT2D eigenvalue weighted by molar-refractivity contribution is 6.31. The molecular weight excluding hydrogens is 602 g/mol. The Kier molecular flexibility index (Phi) is 10.8. The molecule has 0 saturated carbocycles. The number of Topliss-reactive ketones (excluding diaryl/α,β-unsaturated/α-hetero) is 1. The minimum absolute atomic E-state index is 0.0835. The Hall–Kier alpha value is -3.77. The van der Waals surface area contributed by atoms with Gasteiger partial charge in [0, 0.05) is 56.1 Å². The monoisotopic (exact) mass is 635 g/mol. The van der Waals surface area contributed by atoms with Crippen molar-refractivity contribution in [1.82, 2.24) is 14.9 Å². The molecule has 0 aliphatic carbocycles. The normalized spacial score (nSPS) is 15.8. The number of aromatic nitrogens is 2. The first-order valence-corrected chi connectivity index (χ1v) is 14.7. The number of nitrogens with zero attached hydrogens (tertiary/aromatic N) is 4. The third-order valence-electron chi connectivity index (χ3n) is 7.35. The first-order valence-electron chi connectivity index (χ1n) is 14.3. The second-order valence-electron chi connectivity index (χ2n) is 11.1. The Labute approximate surface area is 258 Å². The van der Waals surface area contributed by atoms with Crippen molar-refractivity contribution in [3.8, 4) is 0 Å². The van der Waals surface area contributed by atoms with Gasteiger partial charge in [-0.3, -0.25) is 9.69 Å². The zero-order valence-electron chi connectivity index (χ0n) is 24.4. The van der Waals surface area contributed by atoms with Crippen LogP contribution in [0.3, 0.4) is 0 Å². The third kappa shape index (κ3) is 8.66. The van der Waals surface area contributed by atoms with Gasteiger partial charge in [-0.05, 0) is 50.5 Å². The number of hydrogen-bond acceptors (Lipinski definition) is 7. The van der Waals surface area contributed by atoms with E-state index in [1.807, 2.05) is 6.07 Å². The zero-order chi connectivity index (χ0) is 32.0. The van der Waals surface area contributed by atoms with Crippen LogP contribution < -0.4 is 10.2 Å². The van der Waals surface area contributed by atoms with Gasteiger partial charge in [0.15, 0.2) is 17.4 Å². The number of piperidine rings is 1. The van der Waals surface area contributed by atoms with Crippen molar-refractivity contribution >= 4 is 35.0 Å². The second kappa shape index (κ2) is 14.3. The van der Waals surface area contributed by atoms with Crippen LogP contribution in [0.1, 0.15) is 54.0 Å². The number of carbonyl (C=O) groups excluding carboxylic acids is 1. The Morgan fingerprint density at radius 2 is 1.70 bits per heavy atom. The van der Waals surface area contributed by atoms with Crippen molar-refractivity contribution in [2.45, 2.75) is 58.4 Å². The predicted molar refractivity (Wildman–Crippen MR) is 159 cm³/mol. The number of carboxylic acids is 1. The molecule has 0 unspecified atom stereocenters. The van der Waals surface area contributed by atoms with E-state index in [1.54, 1.807) is 0 Å². The average Bonchev–Trinajstić information content (AvgIpc) is 2.98. The Bertz CT molecular complexity index is 1460. The first-order chi connectivity index (χ1) is 20.8. The van der Waals surface area contributed by atoms with E-state index in [9.17, 15) is 22.4 Å². The number of anilines is 2. The van der Waals surface area contributed by atoms with Crippen molar-refractivity contribution in [2.24, 2.45) is 5.92 Å². The van der Waals surface area contributed by atoms with Crippen LogP contribution in [0.5, 0.6) is 0 Å². The number of carboxylic acid groups (broad SMARTS) is 1. The molecule has 0 bridgehead atoms. The molecule has 0 radical (unpaired) electrons. The number of ketones is 1. The fourth-order valence-electron chi connectivity index (χ4n) is 5.20. The lowest BCUT2D eigenvalue weighted by Crippen LogP contribution is -2.39. The molecule has 13 heteroatoms. The quantitative estimate of drug-likeness (QED) is 0.228. The fraction of sp³-hybridized carbons (Fsp3) is 0.419. The molecule has 1 fully saturated rings. The van der Waals surface area contributed by atoms with Crippen molar-refractivity contribution < 1.29 is 32.3 Å². The Balaban J connectivity index is 0.000000566. The molecule has 44 heavy (non-hydrogen) atoms. The van der Waals surface area contributed by atoms with Crippen LogP contribution in [0.4, 0.5) is 29.2 Å². The van der Waals surface area contributed by atoms with Crippen molar-refractivity contribution in [3.05, 3.63) is 81.9 Å². The lowest BCUT2D eigenvalue weighted by Gasteiger charge is -2.35. The van der Waals surface area contributed by atoms with E-state index in [2.05, 4.69) is 53.2 Å². The highest BCUT2D eigenvalue weighted by Gasteiger charge is 2.38. The Morgan fingerprint density at radius 1 is 1.05 bits per heavy atom. The SMILES string of the molecule is CC(C)Nc1nc2c(nc1N1CCC(C(=O)c3cc(Cl)ccc3F)CC1)CN(Cc1ccccc1)CC2.O=C(O)C(F)(F)F. The zero-order valence-corrected chi connectivity index (χ0v) is 25.1. The maximum Gasteiger partial charge on any atom is 0.490 e. The van der Waals surface area contributed by atoms with E-state index >= 15 is 0 Å². The highest BCUT2D eigenvalue weighted by Crippen LogP contribution is 2.32. The van der Waals surface area contributed by atoms with Gasteiger partial charge in [-0.15, -0.1) is 0 Å². The number of benzene rings is 2. The molecule has 3 aromatic rings. The maximum absolute atomic E-state index is 14.3. The molecule has 5 rings (SSSR count). The van der Waals surface area contributed by atoms with Gasteiger partial charge in [0.1, 0.15) is 5.82 Å². The van der Waals surface area contributed by atoms with Gasteiger partial charge < -0.3 is 15.3 Å². The third-order valence-corrected chi connectivity index (χ3v) is 7.58. The molecule has 2 aromatic carbocycles. The minimum Gasteiger partial charge on any atom is -0.475 e. The van der Waals surface area contributed by atoms with Gasteiger partial charge in [0.05, 0.1) is 17.0 Å². The lowest BCUT2D eigenvalue weighted by atomic mass is 9.88. The van der Waals surface area contributed by atoms with E-state index in [-0.39, 0.29) is 23.3 Å². The summed E-state index contributed by atoms with van der Waals surface area (Å²) in [7, 11) is 0. The number of aliphatic carboxylic acids is 1. The number of nitrogens with one attached hydrogen (secondary N) is 1. The topological polar surface area (TPSA) is 98.7 Å². The summed E-state index contributed by atoms with van der Waals surface area (Å²) in [4.78, 5) is 36.7. The van der Waals surface area contributed by atoms with Gasteiger partial charge in [-0.25, -0.2) is 19.2 Å². The lowest BCUT2D eigenvalue weighted by molar-refractivity contribution is -0.192. The number of carbonyl (C=O) groups is 2. The molecule has 2 N–H and O–H groups in total. The molecular formula is C31H34ClF4N5O3. The van der Waals surface area contributed by atoms with Gasteiger partial charge in [-0.1, -0.05) is 41.9 Å². The number of fused-ring (bicyclic) bond motifs is 1. The van der Waals surface area contributed by atoms with Gasteiger partial charge in [-0.2, -0.15) is 13.2 Å². The largest absolute Gasteiger partial charge is 0.490 e. The first kappa shape index (κ1) is 33.1. The van der Waals surface area contributed by atoms with Crippen LogP contribution in [0.2, 0.25) is 5.02 Å². The molecule has 3 heterocycles.